The molecular weight excluding hydrogens is 305 g/mol. The zero-order valence-electron chi connectivity index (χ0n) is 12.9. The van der Waals surface area contributed by atoms with Crippen LogP contribution in [-0.4, -0.2) is 15.7 Å². The van der Waals surface area contributed by atoms with Crippen LogP contribution in [0.1, 0.15) is 17.9 Å². The lowest BCUT2D eigenvalue weighted by Crippen LogP contribution is -2.15. The summed E-state index contributed by atoms with van der Waals surface area (Å²) in [6.07, 6.45) is 2.55. The molecule has 1 N–H and O–H groups in total. The van der Waals surface area contributed by atoms with Gasteiger partial charge in [-0.1, -0.05) is 30.3 Å². The van der Waals surface area contributed by atoms with Crippen LogP contribution in [0.5, 0.6) is 0 Å². The third-order valence-electron chi connectivity index (χ3n) is 4.27. The number of nitrogens with zero attached hydrogens (tertiary/aromatic N) is 2. The predicted molar refractivity (Wildman–Crippen MR) is 89.4 cm³/mol. The fourth-order valence-electron chi connectivity index (χ4n) is 2.92. The molecule has 0 unspecified atom stereocenters. The molecular formula is C19H16FN3O. The highest BCUT2D eigenvalue weighted by molar-refractivity contribution is 5.94. The second-order valence-electron chi connectivity index (χ2n) is 5.97. The summed E-state index contributed by atoms with van der Waals surface area (Å²) in [6, 6.07) is 17.9. The first-order valence-corrected chi connectivity index (χ1v) is 7.88. The van der Waals surface area contributed by atoms with Crippen molar-refractivity contribution in [2.24, 2.45) is 5.92 Å². The molecule has 0 bridgehead atoms. The summed E-state index contributed by atoms with van der Waals surface area (Å²) in [5.74, 6) is 0.169. The summed E-state index contributed by atoms with van der Waals surface area (Å²) >= 11 is 0. The van der Waals surface area contributed by atoms with E-state index in [9.17, 15) is 9.18 Å². The van der Waals surface area contributed by atoms with E-state index in [1.165, 1.54) is 12.1 Å². The molecule has 1 amide bonds. The molecule has 3 aromatic rings. The maximum atomic E-state index is 13.3. The summed E-state index contributed by atoms with van der Waals surface area (Å²) in [5.41, 5.74) is 1.81. The van der Waals surface area contributed by atoms with Crippen LogP contribution in [0.3, 0.4) is 0 Å². The first-order chi connectivity index (χ1) is 11.7. The zero-order chi connectivity index (χ0) is 16.5. The largest absolute Gasteiger partial charge is 0.309 e. The minimum absolute atomic E-state index is 0.0671. The van der Waals surface area contributed by atoms with E-state index in [1.807, 2.05) is 42.6 Å². The summed E-state index contributed by atoms with van der Waals surface area (Å²) < 4.78 is 15.0. The maximum Gasteiger partial charge on any atom is 0.229 e. The molecule has 1 heterocycles. The molecule has 2 aromatic carbocycles. The van der Waals surface area contributed by atoms with E-state index >= 15 is 0 Å². The van der Waals surface area contributed by atoms with Crippen molar-refractivity contribution in [2.45, 2.75) is 12.3 Å². The number of aromatic nitrogens is 2. The van der Waals surface area contributed by atoms with Crippen molar-refractivity contribution < 1.29 is 9.18 Å². The quantitative estimate of drug-likeness (QED) is 0.795. The van der Waals surface area contributed by atoms with Crippen molar-refractivity contribution in [2.75, 3.05) is 5.32 Å². The third-order valence-corrected chi connectivity index (χ3v) is 4.27. The minimum Gasteiger partial charge on any atom is -0.309 e. The first-order valence-electron chi connectivity index (χ1n) is 7.88. The smallest absolute Gasteiger partial charge is 0.229 e. The Bertz CT molecular complexity index is 875. The number of para-hydroxylation sites is 1. The molecule has 4 nitrogen and oxygen atoms in total. The highest BCUT2D eigenvalue weighted by Gasteiger charge is 2.44. The Morgan fingerprint density at radius 1 is 1.12 bits per heavy atom. The van der Waals surface area contributed by atoms with Gasteiger partial charge in [0.05, 0.1) is 5.69 Å². The van der Waals surface area contributed by atoms with Gasteiger partial charge >= 0.3 is 0 Å². The van der Waals surface area contributed by atoms with Gasteiger partial charge in [0.2, 0.25) is 5.91 Å². The number of benzene rings is 2. The molecule has 2 atom stereocenters. The van der Waals surface area contributed by atoms with Gasteiger partial charge in [0.15, 0.2) is 5.82 Å². The van der Waals surface area contributed by atoms with E-state index in [2.05, 4.69) is 10.4 Å². The second kappa shape index (κ2) is 5.92. The number of carbonyl (C=O) groups is 1. The van der Waals surface area contributed by atoms with Gasteiger partial charge in [-0.15, -0.1) is 0 Å². The normalized spacial score (nSPS) is 19.0. The standard InChI is InChI=1S/C19H16FN3O/c20-14-6-4-5-13(11-14)16-12-17(16)19(24)21-18-9-10-23(22-18)15-7-2-1-3-8-15/h1-11,16-17H,12H2,(H,21,22,24)/t16-,17+/m1/s1. The lowest BCUT2D eigenvalue weighted by Gasteiger charge is -2.03. The highest BCUT2D eigenvalue weighted by atomic mass is 19.1. The number of halogens is 1. The lowest BCUT2D eigenvalue weighted by atomic mass is 10.1. The summed E-state index contributed by atoms with van der Waals surface area (Å²) in [7, 11) is 0. The summed E-state index contributed by atoms with van der Waals surface area (Å²) in [4.78, 5) is 12.3. The number of hydrogen-bond acceptors (Lipinski definition) is 2. The molecule has 1 aromatic heterocycles. The van der Waals surface area contributed by atoms with Crippen LogP contribution < -0.4 is 5.32 Å². The highest BCUT2D eigenvalue weighted by Crippen LogP contribution is 2.48. The molecule has 1 aliphatic rings. The van der Waals surface area contributed by atoms with Gasteiger partial charge in [-0.3, -0.25) is 4.79 Å². The molecule has 0 spiro atoms. The van der Waals surface area contributed by atoms with Crippen LogP contribution in [0.25, 0.3) is 5.69 Å². The Kier molecular flexibility index (Phi) is 3.61. The second-order valence-corrected chi connectivity index (χ2v) is 5.97. The zero-order valence-corrected chi connectivity index (χ0v) is 12.9. The van der Waals surface area contributed by atoms with Crippen LogP contribution in [0.4, 0.5) is 10.2 Å². The average Bonchev–Trinajstić information content (AvgIpc) is 3.28. The number of amides is 1. The topological polar surface area (TPSA) is 46.9 Å². The molecule has 0 aliphatic heterocycles. The van der Waals surface area contributed by atoms with E-state index in [0.717, 1.165) is 17.7 Å². The molecule has 1 aliphatic carbocycles. The molecule has 120 valence electrons. The van der Waals surface area contributed by atoms with Gasteiger partial charge in [0, 0.05) is 18.2 Å². The van der Waals surface area contributed by atoms with Crippen LogP contribution in [0.15, 0.2) is 66.9 Å². The SMILES string of the molecule is O=C(Nc1ccn(-c2ccccc2)n1)[C@H]1C[C@@H]1c1cccc(F)c1. The van der Waals surface area contributed by atoms with Crippen LogP contribution in [0.2, 0.25) is 0 Å². The number of anilines is 1. The van der Waals surface area contributed by atoms with Crippen molar-refractivity contribution in [1.82, 2.24) is 9.78 Å². The Balaban J connectivity index is 1.42. The van der Waals surface area contributed by atoms with E-state index in [-0.39, 0.29) is 23.6 Å². The fraction of sp³-hybridized carbons (Fsp3) is 0.158. The van der Waals surface area contributed by atoms with Crippen molar-refractivity contribution in [3.05, 3.63) is 78.2 Å². The molecule has 0 saturated heterocycles. The molecule has 5 heteroatoms. The monoisotopic (exact) mass is 321 g/mol. The summed E-state index contributed by atoms with van der Waals surface area (Å²) in [6.45, 7) is 0. The number of nitrogens with one attached hydrogen (secondary N) is 1. The number of rotatable bonds is 4. The molecule has 0 radical (unpaired) electrons. The minimum atomic E-state index is -0.264. The Morgan fingerprint density at radius 2 is 1.96 bits per heavy atom. The van der Waals surface area contributed by atoms with Gasteiger partial charge in [0.25, 0.3) is 0 Å². The average molecular weight is 321 g/mol. The lowest BCUT2D eigenvalue weighted by molar-refractivity contribution is -0.117. The Morgan fingerprint density at radius 3 is 2.75 bits per heavy atom. The maximum absolute atomic E-state index is 13.3. The first kappa shape index (κ1) is 14.6. The van der Waals surface area contributed by atoms with Gasteiger partial charge in [-0.05, 0) is 42.2 Å². The van der Waals surface area contributed by atoms with Crippen molar-refractivity contribution in [3.8, 4) is 5.69 Å². The molecule has 24 heavy (non-hydrogen) atoms. The molecule has 4 rings (SSSR count). The van der Waals surface area contributed by atoms with E-state index < -0.39 is 0 Å². The van der Waals surface area contributed by atoms with Crippen molar-refractivity contribution in [3.63, 3.8) is 0 Å². The van der Waals surface area contributed by atoms with Crippen LogP contribution in [-0.2, 0) is 4.79 Å². The Hall–Kier alpha value is -2.95. The van der Waals surface area contributed by atoms with Gasteiger partial charge in [-0.2, -0.15) is 5.10 Å². The number of hydrogen-bond donors (Lipinski definition) is 1. The third kappa shape index (κ3) is 2.93. The fourth-order valence-corrected chi connectivity index (χ4v) is 2.92. The van der Waals surface area contributed by atoms with Crippen molar-refractivity contribution >= 4 is 11.7 Å². The van der Waals surface area contributed by atoms with E-state index in [4.69, 9.17) is 0 Å². The number of carbonyl (C=O) groups excluding carboxylic acids is 1. The van der Waals surface area contributed by atoms with Crippen LogP contribution in [0, 0.1) is 11.7 Å². The predicted octanol–water partition coefficient (Wildman–Crippen LogP) is 3.75. The van der Waals surface area contributed by atoms with E-state index in [1.54, 1.807) is 16.8 Å². The summed E-state index contributed by atoms with van der Waals surface area (Å²) in [5, 5.41) is 7.21. The van der Waals surface area contributed by atoms with Gasteiger partial charge in [0.1, 0.15) is 5.82 Å². The molecule has 1 saturated carbocycles. The Labute approximate surface area is 138 Å². The van der Waals surface area contributed by atoms with Gasteiger partial charge in [-0.25, -0.2) is 9.07 Å². The van der Waals surface area contributed by atoms with Gasteiger partial charge < -0.3 is 5.32 Å². The molecule has 1 fully saturated rings. The van der Waals surface area contributed by atoms with E-state index in [0.29, 0.717) is 5.82 Å². The van der Waals surface area contributed by atoms with Crippen molar-refractivity contribution in [1.29, 1.82) is 0 Å². The van der Waals surface area contributed by atoms with Crippen LogP contribution >= 0.6 is 0 Å².